The first-order valence-electron chi connectivity index (χ1n) is 10.3. The first-order chi connectivity index (χ1) is 14.5. The van der Waals surface area contributed by atoms with Gasteiger partial charge in [0.2, 0.25) is 11.8 Å². The van der Waals surface area contributed by atoms with E-state index < -0.39 is 17.4 Å². The molecule has 30 heavy (non-hydrogen) atoms. The number of nitrogens with one attached hydrogen (secondary N) is 1. The SMILES string of the molecule is Cc1ccc(N2C(=O)C3C4CCCN4C4(C(=O)Nc5c(Cl)cccc54)C3C2=O)cc1. The van der Waals surface area contributed by atoms with Gasteiger partial charge in [0.05, 0.1) is 28.2 Å². The van der Waals surface area contributed by atoms with Crippen molar-refractivity contribution < 1.29 is 14.4 Å². The van der Waals surface area contributed by atoms with Gasteiger partial charge in [-0.25, -0.2) is 4.90 Å². The van der Waals surface area contributed by atoms with Crippen LogP contribution in [0.5, 0.6) is 0 Å². The van der Waals surface area contributed by atoms with Gasteiger partial charge in [0.25, 0.3) is 5.91 Å². The Morgan fingerprint density at radius 3 is 2.60 bits per heavy atom. The van der Waals surface area contributed by atoms with Gasteiger partial charge in [-0.05, 0) is 44.5 Å². The summed E-state index contributed by atoms with van der Waals surface area (Å²) in [6, 6.07) is 12.6. The van der Waals surface area contributed by atoms with Crippen molar-refractivity contribution >= 4 is 40.7 Å². The number of nitrogens with zero attached hydrogens (tertiary/aromatic N) is 2. The molecule has 152 valence electrons. The Hall–Kier alpha value is -2.70. The highest BCUT2D eigenvalue weighted by Gasteiger charge is 2.74. The first kappa shape index (κ1) is 18.1. The van der Waals surface area contributed by atoms with Crippen LogP contribution in [0, 0.1) is 18.8 Å². The number of rotatable bonds is 1. The van der Waals surface area contributed by atoms with Crippen LogP contribution in [0.3, 0.4) is 0 Å². The zero-order valence-corrected chi connectivity index (χ0v) is 17.1. The number of fused-ring (bicyclic) bond motifs is 7. The third-order valence-corrected chi connectivity index (χ3v) is 7.58. The van der Waals surface area contributed by atoms with E-state index in [4.69, 9.17) is 11.6 Å². The molecule has 4 aliphatic heterocycles. The summed E-state index contributed by atoms with van der Waals surface area (Å²) in [5, 5.41) is 3.37. The van der Waals surface area contributed by atoms with Crippen LogP contribution in [-0.4, -0.2) is 35.2 Å². The summed E-state index contributed by atoms with van der Waals surface area (Å²) in [5.41, 5.74) is 1.71. The van der Waals surface area contributed by atoms with E-state index in [0.717, 1.165) is 18.4 Å². The number of carbonyl (C=O) groups excluding carboxylic acids is 3. The molecule has 1 spiro atoms. The average molecular weight is 422 g/mol. The number of hydrogen-bond donors (Lipinski definition) is 1. The maximum atomic E-state index is 13.8. The van der Waals surface area contributed by atoms with Crippen LogP contribution in [-0.2, 0) is 19.9 Å². The molecule has 2 aromatic carbocycles. The Balaban J connectivity index is 1.56. The molecule has 4 heterocycles. The van der Waals surface area contributed by atoms with Crippen LogP contribution in [0.15, 0.2) is 42.5 Å². The molecular weight excluding hydrogens is 402 g/mol. The zero-order valence-electron chi connectivity index (χ0n) is 16.4. The highest BCUT2D eigenvalue weighted by molar-refractivity contribution is 6.35. The fourth-order valence-corrected chi connectivity index (χ4v) is 6.36. The number of aryl methyl sites for hydroxylation is 1. The lowest BCUT2D eigenvalue weighted by atomic mass is 9.75. The molecule has 6 nitrogen and oxygen atoms in total. The molecule has 3 fully saturated rings. The number of hydrogen-bond acceptors (Lipinski definition) is 4. The van der Waals surface area contributed by atoms with E-state index in [2.05, 4.69) is 10.2 Å². The second-order valence-electron chi connectivity index (χ2n) is 8.64. The van der Waals surface area contributed by atoms with Crippen molar-refractivity contribution in [2.45, 2.75) is 31.3 Å². The molecule has 0 aromatic heterocycles. The number of carbonyl (C=O) groups is 3. The number of anilines is 2. The fraction of sp³-hybridized carbons (Fsp3) is 0.348. The van der Waals surface area contributed by atoms with E-state index in [-0.39, 0.29) is 23.8 Å². The Bertz CT molecular complexity index is 1130. The molecule has 3 saturated heterocycles. The molecule has 3 amide bonds. The van der Waals surface area contributed by atoms with Crippen molar-refractivity contribution in [3.05, 3.63) is 58.6 Å². The average Bonchev–Trinajstić information content (AvgIpc) is 3.42. The third-order valence-electron chi connectivity index (χ3n) is 7.27. The highest BCUT2D eigenvalue weighted by atomic mass is 35.5. The van der Waals surface area contributed by atoms with E-state index in [9.17, 15) is 14.4 Å². The van der Waals surface area contributed by atoms with E-state index in [1.165, 1.54) is 4.90 Å². The van der Waals surface area contributed by atoms with E-state index in [1.54, 1.807) is 24.3 Å². The lowest BCUT2D eigenvalue weighted by Gasteiger charge is -2.36. The van der Waals surface area contributed by atoms with Crippen LogP contribution in [0.25, 0.3) is 0 Å². The second-order valence-corrected chi connectivity index (χ2v) is 9.04. The number of para-hydroxylation sites is 1. The van der Waals surface area contributed by atoms with Gasteiger partial charge in [-0.1, -0.05) is 41.4 Å². The van der Waals surface area contributed by atoms with Crippen molar-refractivity contribution in [2.24, 2.45) is 11.8 Å². The fourth-order valence-electron chi connectivity index (χ4n) is 6.14. The quantitative estimate of drug-likeness (QED) is 0.718. The molecule has 7 heteroatoms. The lowest BCUT2D eigenvalue weighted by Crippen LogP contribution is -2.54. The van der Waals surface area contributed by atoms with Crippen molar-refractivity contribution in [2.75, 3.05) is 16.8 Å². The molecule has 4 unspecified atom stereocenters. The minimum atomic E-state index is -1.18. The number of halogens is 1. The van der Waals surface area contributed by atoms with E-state index in [0.29, 0.717) is 28.5 Å². The maximum Gasteiger partial charge on any atom is 0.250 e. The molecule has 6 rings (SSSR count). The van der Waals surface area contributed by atoms with Gasteiger partial charge in [-0.2, -0.15) is 0 Å². The predicted octanol–water partition coefficient (Wildman–Crippen LogP) is 3.08. The van der Waals surface area contributed by atoms with Gasteiger partial charge in [0.15, 0.2) is 0 Å². The van der Waals surface area contributed by atoms with Gasteiger partial charge in [0.1, 0.15) is 5.54 Å². The topological polar surface area (TPSA) is 69.7 Å². The summed E-state index contributed by atoms with van der Waals surface area (Å²) < 4.78 is 0. The van der Waals surface area contributed by atoms with Gasteiger partial charge < -0.3 is 5.32 Å². The molecule has 4 atom stereocenters. The summed E-state index contributed by atoms with van der Waals surface area (Å²) in [7, 11) is 0. The zero-order chi connectivity index (χ0) is 20.8. The van der Waals surface area contributed by atoms with Crippen LogP contribution in [0.4, 0.5) is 11.4 Å². The summed E-state index contributed by atoms with van der Waals surface area (Å²) in [4.78, 5) is 44.3. The first-order valence-corrected chi connectivity index (χ1v) is 10.7. The van der Waals surface area contributed by atoms with Crippen molar-refractivity contribution in [1.82, 2.24) is 4.90 Å². The van der Waals surface area contributed by atoms with Gasteiger partial charge in [-0.3, -0.25) is 19.3 Å². The highest BCUT2D eigenvalue weighted by Crippen LogP contribution is 2.61. The molecular formula is C23H20ClN3O3. The normalized spacial score (nSPS) is 32.0. The van der Waals surface area contributed by atoms with Gasteiger partial charge in [-0.15, -0.1) is 0 Å². The number of imide groups is 1. The lowest BCUT2D eigenvalue weighted by molar-refractivity contribution is -0.135. The Labute approximate surface area is 178 Å². The summed E-state index contributed by atoms with van der Waals surface area (Å²) in [6.07, 6.45) is 1.69. The van der Waals surface area contributed by atoms with Gasteiger partial charge in [0, 0.05) is 11.6 Å². The monoisotopic (exact) mass is 421 g/mol. The Morgan fingerprint density at radius 1 is 1.07 bits per heavy atom. The van der Waals surface area contributed by atoms with Crippen LogP contribution >= 0.6 is 11.6 Å². The molecule has 1 N–H and O–H groups in total. The largest absolute Gasteiger partial charge is 0.323 e. The standard InChI is InChI=1S/C23H20ClN3O3/c1-12-7-9-13(10-8-12)27-20(28)17-16-6-3-11-26(16)23(18(17)21(27)29)14-4-2-5-15(24)19(14)25-22(23)30/h2,4-5,7-10,16-18H,3,6,11H2,1H3,(H,25,30). The summed E-state index contributed by atoms with van der Waals surface area (Å²) >= 11 is 6.39. The number of amides is 3. The van der Waals surface area contributed by atoms with Crippen LogP contribution in [0.1, 0.15) is 24.0 Å². The number of benzene rings is 2. The molecule has 0 bridgehead atoms. The van der Waals surface area contributed by atoms with Crippen molar-refractivity contribution in [3.63, 3.8) is 0 Å². The smallest absolute Gasteiger partial charge is 0.250 e. The van der Waals surface area contributed by atoms with Crippen LogP contribution < -0.4 is 10.2 Å². The minimum Gasteiger partial charge on any atom is -0.323 e. The molecule has 4 aliphatic rings. The Kier molecular flexibility index (Phi) is 3.58. The summed E-state index contributed by atoms with van der Waals surface area (Å²) in [6.45, 7) is 2.64. The van der Waals surface area contributed by atoms with Gasteiger partial charge >= 0.3 is 0 Å². The molecule has 0 saturated carbocycles. The van der Waals surface area contributed by atoms with Crippen molar-refractivity contribution in [1.29, 1.82) is 0 Å². The van der Waals surface area contributed by atoms with Crippen LogP contribution in [0.2, 0.25) is 5.02 Å². The molecule has 0 aliphatic carbocycles. The maximum absolute atomic E-state index is 13.8. The Morgan fingerprint density at radius 2 is 1.83 bits per heavy atom. The van der Waals surface area contributed by atoms with Crippen molar-refractivity contribution in [3.8, 4) is 0 Å². The third kappa shape index (κ3) is 1.96. The van der Waals surface area contributed by atoms with E-state index in [1.807, 2.05) is 25.1 Å². The minimum absolute atomic E-state index is 0.127. The second kappa shape index (κ2) is 5.93. The predicted molar refractivity (Wildman–Crippen MR) is 112 cm³/mol. The van der Waals surface area contributed by atoms with E-state index >= 15 is 0 Å². The molecule has 0 radical (unpaired) electrons. The molecule has 2 aromatic rings. The summed E-state index contributed by atoms with van der Waals surface area (Å²) in [5.74, 6) is -2.04.